The van der Waals surface area contributed by atoms with Gasteiger partial charge in [-0.05, 0) is 36.7 Å². The van der Waals surface area contributed by atoms with Crippen molar-refractivity contribution >= 4 is 23.8 Å². The van der Waals surface area contributed by atoms with Crippen molar-refractivity contribution in [2.75, 3.05) is 25.1 Å². The Bertz CT molecular complexity index is 315. The number of rotatable bonds is 5. The standard InChI is InChI=1S/C13H24N2O3S/c1-9-6-10(2)8-15(7-9)13(18)14-11(12(16)17)4-5-19-3/h9-11H,4-8H2,1-3H3,(H,14,18)(H,16,17)/t9-,10+,11-/m0/s1. The van der Waals surface area contributed by atoms with Crippen molar-refractivity contribution in [2.24, 2.45) is 11.8 Å². The molecule has 19 heavy (non-hydrogen) atoms. The molecule has 0 radical (unpaired) electrons. The first-order chi connectivity index (χ1) is 8.93. The quantitative estimate of drug-likeness (QED) is 0.810. The minimum absolute atomic E-state index is 0.244. The summed E-state index contributed by atoms with van der Waals surface area (Å²) in [4.78, 5) is 25.0. The molecule has 1 rings (SSSR count). The van der Waals surface area contributed by atoms with Gasteiger partial charge in [-0.15, -0.1) is 0 Å². The molecule has 110 valence electrons. The normalized spacial score (nSPS) is 24.9. The second kappa shape index (κ2) is 7.62. The molecule has 1 aliphatic heterocycles. The summed E-state index contributed by atoms with van der Waals surface area (Å²) < 4.78 is 0. The third-order valence-corrected chi connectivity index (χ3v) is 4.01. The largest absolute Gasteiger partial charge is 0.480 e. The third-order valence-electron chi connectivity index (χ3n) is 3.36. The lowest BCUT2D eigenvalue weighted by Crippen LogP contribution is -2.52. The highest BCUT2D eigenvalue weighted by molar-refractivity contribution is 7.98. The molecule has 2 N–H and O–H groups in total. The summed E-state index contributed by atoms with van der Waals surface area (Å²) in [5.74, 6) is 0.720. The summed E-state index contributed by atoms with van der Waals surface area (Å²) in [7, 11) is 0. The number of carboxylic acids is 1. The van der Waals surface area contributed by atoms with Gasteiger partial charge in [0.25, 0.3) is 0 Å². The SMILES string of the molecule is CSCC[C@H](NC(=O)N1C[C@H](C)C[C@H](C)C1)C(=O)O. The zero-order valence-corrected chi connectivity index (χ0v) is 12.7. The van der Waals surface area contributed by atoms with Crippen LogP contribution in [0.3, 0.4) is 0 Å². The van der Waals surface area contributed by atoms with Gasteiger partial charge >= 0.3 is 12.0 Å². The zero-order chi connectivity index (χ0) is 14.4. The van der Waals surface area contributed by atoms with Crippen LogP contribution in [0.2, 0.25) is 0 Å². The van der Waals surface area contributed by atoms with E-state index >= 15 is 0 Å². The fourth-order valence-corrected chi connectivity index (χ4v) is 3.03. The Hall–Kier alpha value is -0.910. The van der Waals surface area contributed by atoms with Crippen LogP contribution < -0.4 is 5.32 Å². The Labute approximate surface area is 119 Å². The van der Waals surface area contributed by atoms with Crippen molar-refractivity contribution in [3.63, 3.8) is 0 Å². The van der Waals surface area contributed by atoms with Gasteiger partial charge in [0.15, 0.2) is 0 Å². The molecule has 2 amide bonds. The number of urea groups is 1. The van der Waals surface area contributed by atoms with Gasteiger partial charge in [-0.1, -0.05) is 13.8 Å². The molecule has 0 saturated carbocycles. The number of carbonyl (C=O) groups is 2. The Balaban J connectivity index is 2.53. The summed E-state index contributed by atoms with van der Waals surface area (Å²) >= 11 is 1.58. The van der Waals surface area contributed by atoms with Crippen molar-refractivity contribution in [2.45, 2.75) is 32.7 Å². The zero-order valence-electron chi connectivity index (χ0n) is 11.9. The van der Waals surface area contributed by atoms with E-state index in [1.54, 1.807) is 16.7 Å². The van der Waals surface area contributed by atoms with Crippen LogP contribution in [0.5, 0.6) is 0 Å². The average Bonchev–Trinajstić information content (AvgIpc) is 2.32. The fraction of sp³-hybridized carbons (Fsp3) is 0.846. The van der Waals surface area contributed by atoms with Crippen molar-refractivity contribution in [3.8, 4) is 0 Å². The average molecular weight is 288 g/mol. The highest BCUT2D eigenvalue weighted by Crippen LogP contribution is 2.20. The summed E-state index contributed by atoms with van der Waals surface area (Å²) in [6.07, 6.45) is 3.51. The minimum Gasteiger partial charge on any atom is -0.480 e. The molecule has 0 aromatic heterocycles. The maximum Gasteiger partial charge on any atom is 0.326 e. The van der Waals surface area contributed by atoms with E-state index in [4.69, 9.17) is 5.11 Å². The molecular formula is C13H24N2O3S. The summed E-state index contributed by atoms with van der Waals surface area (Å²) in [6.45, 7) is 5.67. The van der Waals surface area contributed by atoms with Crippen molar-refractivity contribution < 1.29 is 14.7 Å². The highest BCUT2D eigenvalue weighted by atomic mass is 32.2. The van der Waals surface area contributed by atoms with Gasteiger partial charge in [-0.25, -0.2) is 9.59 Å². The van der Waals surface area contributed by atoms with E-state index in [0.29, 0.717) is 31.3 Å². The van der Waals surface area contributed by atoms with Crippen molar-refractivity contribution in [1.82, 2.24) is 10.2 Å². The molecule has 0 aliphatic carbocycles. The monoisotopic (exact) mass is 288 g/mol. The van der Waals surface area contributed by atoms with Crippen LogP contribution in [-0.2, 0) is 4.79 Å². The first-order valence-corrected chi connectivity index (χ1v) is 8.10. The Morgan fingerprint density at radius 1 is 1.37 bits per heavy atom. The molecule has 5 nitrogen and oxygen atoms in total. The number of hydrogen-bond donors (Lipinski definition) is 2. The second-order valence-electron chi connectivity index (χ2n) is 5.47. The lowest BCUT2D eigenvalue weighted by Gasteiger charge is -2.35. The highest BCUT2D eigenvalue weighted by Gasteiger charge is 2.28. The number of amides is 2. The molecule has 0 spiro atoms. The van der Waals surface area contributed by atoms with Gasteiger partial charge in [0.1, 0.15) is 6.04 Å². The van der Waals surface area contributed by atoms with Crippen LogP contribution in [0.4, 0.5) is 4.79 Å². The van der Waals surface area contributed by atoms with Crippen molar-refractivity contribution in [1.29, 1.82) is 0 Å². The first-order valence-electron chi connectivity index (χ1n) is 6.71. The molecular weight excluding hydrogens is 264 g/mol. The van der Waals surface area contributed by atoms with Crippen LogP contribution in [0, 0.1) is 11.8 Å². The van der Waals surface area contributed by atoms with E-state index in [1.807, 2.05) is 6.26 Å². The van der Waals surface area contributed by atoms with Gasteiger partial charge in [-0.2, -0.15) is 11.8 Å². The summed E-state index contributed by atoms with van der Waals surface area (Å²) in [6, 6.07) is -1.03. The van der Waals surface area contributed by atoms with Crippen molar-refractivity contribution in [3.05, 3.63) is 0 Å². The minimum atomic E-state index is -0.958. The van der Waals surface area contributed by atoms with E-state index in [1.165, 1.54) is 0 Å². The molecule has 0 unspecified atom stereocenters. The van der Waals surface area contributed by atoms with E-state index in [9.17, 15) is 9.59 Å². The maximum atomic E-state index is 12.1. The smallest absolute Gasteiger partial charge is 0.326 e. The molecule has 1 fully saturated rings. The van der Waals surface area contributed by atoms with Gasteiger partial charge in [0, 0.05) is 13.1 Å². The molecule has 1 aliphatic rings. The number of carboxylic acid groups (broad SMARTS) is 1. The van der Waals surface area contributed by atoms with E-state index in [2.05, 4.69) is 19.2 Å². The molecule has 0 aromatic rings. The number of likely N-dealkylation sites (tertiary alicyclic amines) is 1. The lowest BCUT2D eigenvalue weighted by atomic mass is 9.92. The predicted octanol–water partition coefficient (Wildman–Crippen LogP) is 1.88. The summed E-state index contributed by atoms with van der Waals surface area (Å²) in [5.41, 5.74) is 0. The lowest BCUT2D eigenvalue weighted by molar-refractivity contribution is -0.139. The number of thioether (sulfide) groups is 1. The number of aliphatic carboxylic acids is 1. The predicted molar refractivity (Wildman–Crippen MR) is 77.5 cm³/mol. The number of hydrogen-bond acceptors (Lipinski definition) is 3. The van der Waals surface area contributed by atoms with Crippen LogP contribution in [0.25, 0.3) is 0 Å². The van der Waals surface area contributed by atoms with Gasteiger partial charge in [0.2, 0.25) is 0 Å². The number of nitrogens with one attached hydrogen (secondary N) is 1. The van der Waals surface area contributed by atoms with Crippen LogP contribution in [-0.4, -0.2) is 53.1 Å². The van der Waals surface area contributed by atoms with E-state index in [0.717, 1.165) is 12.2 Å². The number of piperidine rings is 1. The fourth-order valence-electron chi connectivity index (χ4n) is 2.56. The molecule has 1 saturated heterocycles. The third kappa shape index (κ3) is 5.30. The van der Waals surface area contributed by atoms with Gasteiger partial charge in [-0.3, -0.25) is 0 Å². The van der Waals surface area contributed by atoms with Gasteiger partial charge in [0.05, 0.1) is 0 Å². The molecule has 6 heteroatoms. The Morgan fingerprint density at radius 3 is 2.42 bits per heavy atom. The number of carbonyl (C=O) groups excluding carboxylic acids is 1. The molecule has 1 heterocycles. The topological polar surface area (TPSA) is 69.6 Å². The Kier molecular flexibility index (Phi) is 6.48. The second-order valence-corrected chi connectivity index (χ2v) is 6.46. The maximum absolute atomic E-state index is 12.1. The van der Waals surface area contributed by atoms with Crippen LogP contribution in [0.1, 0.15) is 26.7 Å². The molecule has 0 aromatic carbocycles. The van der Waals surface area contributed by atoms with Gasteiger partial charge < -0.3 is 15.3 Å². The first kappa shape index (κ1) is 16.1. The number of nitrogens with zero attached hydrogens (tertiary/aromatic N) is 1. The molecule has 3 atom stereocenters. The molecule has 0 bridgehead atoms. The van der Waals surface area contributed by atoms with E-state index in [-0.39, 0.29) is 6.03 Å². The van der Waals surface area contributed by atoms with E-state index < -0.39 is 12.0 Å². The summed E-state index contributed by atoms with van der Waals surface area (Å²) in [5, 5.41) is 11.7. The van der Waals surface area contributed by atoms with Crippen LogP contribution >= 0.6 is 11.8 Å². The Morgan fingerprint density at radius 2 is 1.95 bits per heavy atom. The van der Waals surface area contributed by atoms with Crippen LogP contribution in [0.15, 0.2) is 0 Å².